The number of hydrogen-bond donors (Lipinski definition) is 1. The van der Waals surface area contributed by atoms with E-state index in [1.807, 2.05) is 0 Å². The summed E-state index contributed by atoms with van der Waals surface area (Å²) in [6, 6.07) is 0. The highest BCUT2D eigenvalue weighted by Crippen LogP contribution is 2.18. The lowest BCUT2D eigenvalue weighted by Gasteiger charge is -2.32. The molecule has 0 aromatic rings. The number of carbonyl (C=O) groups excluding carboxylic acids is 2. The molecule has 0 saturated heterocycles. The first-order valence-corrected chi connectivity index (χ1v) is 4.53. The predicted octanol–water partition coefficient (Wildman–Crippen LogP) is 0.619. The number of nitrogens with zero attached hydrogens (tertiary/aromatic N) is 1. The Hall–Kier alpha value is -1.91. The minimum atomic E-state index is -1.95. The van der Waals surface area contributed by atoms with Crippen LogP contribution in [0.4, 0.5) is 0 Å². The van der Waals surface area contributed by atoms with E-state index in [0.29, 0.717) is 0 Å². The largest absolute Gasteiger partial charge is 0.479 e. The molecule has 0 heterocycles. The van der Waals surface area contributed by atoms with Gasteiger partial charge in [-0.05, 0) is 19.9 Å². The van der Waals surface area contributed by atoms with E-state index in [1.165, 1.54) is 14.0 Å². The number of rotatable bonds is 5. The van der Waals surface area contributed by atoms with E-state index in [4.69, 9.17) is 5.11 Å². The summed E-state index contributed by atoms with van der Waals surface area (Å²) in [6.07, 6.45) is 0.885. The number of aliphatic carboxylic acids is 1. The Labute approximate surface area is 94.0 Å². The van der Waals surface area contributed by atoms with Crippen molar-refractivity contribution in [3.8, 4) is 0 Å². The fraction of sp³-hybridized carbons (Fsp3) is 0.364. The van der Waals surface area contributed by atoms with E-state index >= 15 is 0 Å². The van der Waals surface area contributed by atoms with Gasteiger partial charge in [0.2, 0.25) is 11.4 Å². The molecule has 5 nitrogen and oxygen atoms in total. The molecule has 0 aliphatic carbocycles. The molecule has 0 aromatic carbocycles. The first-order valence-electron chi connectivity index (χ1n) is 4.53. The molecule has 1 amide bonds. The Morgan fingerprint density at radius 1 is 1.38 bits per heavy atom. The summed E-state index contributed by atoms with van der Waals surface area (Å²) in [6.45, 7) is 9.23. The molecule has 0 spiro atoms. The Morgan fingerprint density at radius 3 is 2.06 bits per heavy atom. The van der Waals surface area contributed by atoms with Crippen LogP contribution >= 0.6 is 0 Å². The molecule has 0 rings (SSSR count). The zero-order valence-electron chi connectivity index (χ0n) is 9.61. The molecule has 1 atom stereocenters. The van der Waals surface area contributed by atoms with Gasteiger partial charge in [-0.25, -0.2) is 4.79 Å². The predicted molar refractivity (Wildman–Crippen MR) is 58.8 cm³/mol. The highest BCUT2D eigenvalue weighted by atomic mass is 16.4. The molecule has 0 unspecified atom stereocenters. The maximum atomic E-state index is 11.6. The van der Waals surface area contributed by atoms with E-state index in [2.05, 4.69) is 13.2 Å². The first-order chi connectivity index (χ1) is 7.19. The van der Waals surface area contributed by atoms with Crippen molar-refractivity contribution in [1.29, 1.82) is 0 Å². The van der Waals surface area contributed by atoms with Crippen LogP contribution in [0.3, 0.4) is 0 Å². The third-order valence-corrected chi connectivity index (χ3v) is 2.42. The van der Waals surface area contributed by atoms with Gasteiger partial charge in [0.15, 0.2) is 5.78 Å². The number of amides is 1. The zero-order chi connectivity index (χ0) is 13.1. The van der Waals surface area contributed by atoms with Crippen LogP contribution in [0.1, 0.15) is 13.8 Å². The summed E-state index contributed by atoms with van der Waals surface area (Å²) in [7, 11) is 1.24. The van der Waals surface area contributed by atoms with Crippen LogP contribution in [0.25, 0.3) is 0 Å². The molecule has 88 valence electrons. The summed E-state index contributed by atoms with van der Waals surface area (Å²) in [5.74, 6) is -2.76. The number of ketones is 1. The van der Waals surface area contributed by atoms with Crippen molar-refractivity contribution in [2.45, 2.75) is 19.4 Å². The highest BCUT2D eigenvalue weighted by molar-refractivity contribution is 6.15. The average molecular weight is 225 g/mol. The van der Waals surface area contributed by atoms with Gasteiger partial charge in [0.25, 0.3) is 0 Å². The number of hydrogen-bond acceptors (Lipinski definition) is 3. The number of likely N-dealkylation sites (N-methyl/N-ethyl adjacent to an activating group) is 1. The molecule has 0 bridgehead atoms. The van der Waals surface area contributed by atoms with Crippen molar-refractivity contribution < 1.29 is 19.5 Å². The van der Waals surface area contributed by atoms with Crippen molar-refractivity contribution in [3.05, 3.63) is 24.8 Å². The van der Waals surface area contributed by atoms with Gasteiger partial charge in [0.1, 0.15) is 0 Å². The summed E-state index contributed by atoms with van der Waals surface area (Å²) >= 11 is 0. The molecule has 0 fully saturated rings. The van der Waals surface area contributed by atoms with Gasteiger partial charge in [-0.2, -0.15) is 0 Å². The fourth-order valence-corrected chi connectivity index (χ4v) is 1.10. The monoisotopic (exact) mass is 225 g/mol. The SMILES string of the molecule is C=CC(=O)[C@](C)(C(=O)O)N(C)C(=O)C(=C)C. The van der Waals surface area contributed by atoms with Gasteiger partial charge in [-0.15, -0.1) is 0 Å². The van der Waals surface area contributed by atoms with Crippen molar-refractivity contribution in [2.75, 3.05) is 7.05 Å². The van der Waals surface area contributed by atoms with Gasteiger partial charge in [-0.1, -0.05) is 13.2 Å². The Morgan fingerprint density at radius 2 is 1.81 bits per heavy atom. The summed E-state index contributed by atoms with van der Waals surface area (Å²) in [5.41, 5.74) is -1.79. The van der Waals surface area contributed by atoms with Gasteiger partial charge >= 0.3 is 5.97 Å². The van der Waals surface area contributed by atoms with Crippen molar-refractivity contribution in [2.24, 2.45) is 0 Å². The summed E-state index contributed by atoms with van der Waals surface area (Å²) in [5, 5.41) is 9.04. The van der Waals surface area contributed by atoms with Crippen molar-refractivity contribution >= 4 is 17.7 Å². The third kappa shape index (κ3) is 2.18. The second-order valence-electron chi connectivity index (χ2n) is 3.59. The molecular weight excluding hydrogens is 210 g/mol. The van der Waals surface area contributed by atoms with Crippen LogP contribution in [0, 0.1) is 0 Å². The van der Waals surface area contributed by atoms with Crippen molar-refractivity contribution in [1.82, 2.24) is 4.90 Å². The van der Waals surface area contributed by atoms with Crippen LogP contribution in [0.5, 0.6) is 0 Å². The lowest BCUT2D eigenvalue weighted by Crippen LogP contribution is -2.58. The first kappa shape index (κ1) is 14.1. The second-order valence-corrected chi connectivity index (χ2v) is 3.59. The smallest absolute Gasteiger partial charge is 0.337 e. The molecule has 0 aliphatic rings. The van der Waals surface area contributed by atoms with E-state index in [9.17, 15) is 14.4 Å². The van der Waals surface area contributed by atoms with E-state index in [-0.39, 0.29) is 5.57 Å². The van der Waals surface area contributed by atoms with Gasteiger partial charge in [-0.3, -0.25) is 9.59 Å². The zero-order valence-corrected chi connectivity index (χ0v) is 9.61. The topological polar surface area (TPSA) is 74.7 Å². The van der Waals surface area contributed by atoms with Crippen LogP contribution in [0.15, 0.2) is 24.8 Å². The lowest BCUT2D eigenvalue weighted by atomic mass is 9.94. The standard InChI is InChI=1S/C11H15NO4/c1-6-8(13)11(4,10(15)16)12(5)9(14)7(2)3/h6H,1-2H2,3-5H3,(H,15,16)/t11-/m1/s1. The van der Waals surface area contributed by atoms with Crippen LogP contribution in [-0.4, -0.2) is 40.3 Å². The van der Waals surface area contributed by atoms with E-state index in [0.717, 1.165) is 17.9 Å². The molecular formula is C11H15NO4. The summed E-state index contributed by atoms with van der Waals surface area (Å²) < 4.78 is 0. The minimum Gasteiger partial charge on any atom is -0.479 e. The Kier molecular flexibility index (Phi) is 4.17. The number of carboxylic acids is 1. The van der Waals surface area contributed by atoms with Crippen LogP contribution in [-0.2, 0) is 14.4 Å². The third-order valence-electron chi connectivity index (χ3n) is 2.42. The minimum absolute atomic E-state index is 0.159. The van der Waals surface area contributed by atoms with Crippen LogP contribution in [0.2, 0.25) is 0 Å². The number of carboxylic acid groups (broad SMARTS) is 1. The lowest BCUT2D eigenvalue weighted by molar-refractivity contribution is -0.159. The van der Waals surface area contributed by atoms with Gasteiger partial charge in [0.05, 0.1) is 0 Å². The molecule has 1 N–H and O–H groups in total. The Balaban J connectivity index is 5.46. The normalized spacial score (nSPS) is 13.4. The maximum Gasteiger partial charge on any atom is 0.337 e. The Bertz CT molecular complexity index is 372. The fourth-order valence-electron chi connectivity index (χ4n) is 1.10. The molecule has 0 aromatic heterocycles. The van der Waals surface area contributed by atoms with Crippen LogP contribution < -0.4 is 0 Å². The molecule has 5 heteroatoms. The molecule has 0 saturated carbocycles. The molecule has 0 aliphatic heterocycles. The molecule has 0 radical (unpaired) electrons. The molecule has 16 heavy (non-hydrogen) atoms. The average Bonchev–Trinajstić information content (AvgIpc) is 2.23. The highest BCUT2D eigenvalue weighted by Gasteiger charge is 2.45. The quantitative estimate of drug-likeness (QED) is 0.549. The summed E-state index contributed by atoms with van der Waals surface area (Å²) in [4.78, 5) is 35.1. The van der Waals surface area contributed by atoms with Gasteiger partial charge in [0, 0.05) is 12.6 Å². The maximum absolute atomic E-state index is 11.6. The van der Waals surface area contributed by atoms with E-state index < -0.39 is 23.2 Å². The second kappa shape index (κ2) is 4.74. The van der Waals surface area contributed by atoms with E-state index in [1.54, 1.807) is 0 Å². The van der Waals surface area contributed by atoms with Crippen molar-refractivity contribution in [3.63, 3.8) is 0 Å². The van der Waals surface area contributed by atoms with Gasteiger partial charge < -0.3 is 10.0 Å². The number of carbonyl (C=O) groups is 3.